The van der Waals surface area contributed by atoms with Crippen molar-refractivity contribution in [2.24, 2.45) is 5.10 Å². The van der Waals surface area contributed by atoms with Crippen LogP contribution in [0.2, 0.25) is 5.02 Å². The van der Waals surface area contributed by atoms with E-state index in [9.17, 15) is 9.59 Å². The molecule has 0 radical (unpaired) electrons. The molecule has 0 heterocycles. The summed E-state index contributed by atoms with van der Waals surface area (Å²) in [6, 6.07) is 11.5. The zero-order valence-electron chi connectivity index (χ0n) is 13.6. The minimum atomic E-state index is -0.909. The molecule has 2 amide bonds. The topological polar surface area (TPSA) is 89.0 Å². The standard InChI is InChI=1S/C17H16ClN3O4/c1-24-14-7-8-15(25-2)11(9-14)10-19-21-17(23)16(22)20-13-5-3-12(18)4-6-13/h3-10H,1-2H3,(H,20,22)(H,21,23). The van der Waals surface area contributed by atoms with Crippen LogP contribution in [0.4, 0.5) is 5.69 Å². The zero-order valence-corrected chi connectivity index (χ0v) is 14.3. The van der Waals surface area contributed by atoms with Crippen molar-refractivity contribution in [3.05, 3.63) is 53.1 Å². The molecular weight excluding hydrogens is 346 g/mol. The smallest absolute Gasteiger partial charge is 0.329 e. The molecule has 0 fully saturated rings. The number of hydrazone groups is 1. The van der Waals surface area contributed by atoms with Gasteiger partial charge in [-0.3, -0.25) is 9.59 Å². The molecule has 2 N–H and O–H groups in total. The van der Waals surface area contributed by atoms with E-state index in [0.717, 1.165) is 0 Å². The fourth-order valence-corrected chi connectivity index (χ4v) is 2.00. The van der Waals surface area contributed by atoms with Gasteiger partial charge >= 0.3 is 11.8 Å². The molecule has 0 unspecified atom stereocenters. The van der Waals surface area contributed by atoms with E-state index in [-0.39, 0.29) is 0 Å². The Kier molecular flexibility index (Phi) is 6.36. The monoisotopic (exact) mass is 361 g/mol. The number of carbonyl (C=O) groups is 2. The lowest BCUT2D eigenvalue weighted by Crippen LogP contribution is -2.32. The Labute approximate surface area is 149 Å². The summed E-state index contributed by atoms with van der Waals surface area (Å²) in [4.78, 5) is 23.6. The number of amides is 2. The summed E-state index contributed by atoms with van der Waals surface area (Å²) in [5.74, 6) is -0.608. The van der Waals surface area contributed by atoms with Gasteiger partial charge in [-0.05, 0) is 42.5 Å². The van der Waals surface area contributed by atoms with Crippen molar-refractivity contribution in [2.75, 3.05) is 19.5 Å². The van der Waals surface area contributed by atoms with E-state index >= 15 is 0 Å². The molecule has 0 aliphatic carbocycles. The largest absolute Gasteiger partial charge is 0.497 e. The number of anilines is 1. The maximum Gasteiger partial charge on any atom is 0.329 e. The molecule has 2 aromatic carbocycles. The predicted molar refractivity (Wildman–Crippen MR) is 95.4 cm³/mol. The fraction of sp³-hybridized carbons (Fsp3) is 0.118. The molecule has 7 nitrogen and oxygen atoms in total. The summed E-state index contributed by atoms with van der Waals surface area (Å²) >= 11 is 5.75. The normalized spacial score (nSPS) is 10.4. The van der Waals surface area contributed by atoms with Crippen LogP contribution in [0.1, 0.15) is 5.56 Å². The van der Waals surface area contributed by atoms with Gasteiger partial charge in [0, 0.05) is 16.3 Å². The first-order valence-electron chi connectivity index (χ1n) is 7.15. The zero-order chi connectivity index (χ0) is 18.2. The Balaban J connectivity index is 1.97. The molecule has 0 aliphatic heterocycles. The van der Waals surface area contributed by atoms with Gasteiger partial charge in [-0.2, -0.15) is 5.10 Å². The Bertz CT molecular complexity index is 791. The van der Waals surface area contributed by atoms with Gasteiger partial charge in [0.1, 0.15) is 11.5 Å². The van der Waals surface area contributed by atoms with Crippen LogP contribution in [0, 0.1) is 0 Å². The molecule has 2 aromatic rings. The molecule has 0 bridgehead atoms. The van der Waals surface area contributed by atoms with Gasteiger partial charge in [-0.1, -0.05) is 11.6 Å². The van der Waals surface area contributed by atoms with Gasteiger partial charge in [0.15, 0.2) is 0 Å². The summed E-state index contributed by atoms with van der Waals surface area (Å²) < 4.78 is 10.3. The number of halogens is 1. The van der Waals surface area contributed by atoms with Crippen LogP contribution < -0.4 is 20.2 Å². The van der Waals surface area contributed by atoms with Crippen LogP contribution in [0.15, 0.2) is 47.6 Å². The van der Waals surface area contributed by atoms with E-state index in [4.69, 9.17) is 21.1 Å². The van der Waals surface area contributed by atoms with Crippen LogP contribution in [0.25, 0.3) is 0 Å². The first-order valence-corrected chi connectivity index (χ1v) is 7.53. The van der Waals surface area contributed by atoms with Crippen molar-refractivity contribution in [3.8, 4) is 11.5 Å². The minimum Gasteiger partial charge on any atom is -0.497 e. The highest BCUT2D eigenvalue weighted by atomic mass is 35.5. The highest BCUT2D eigenvalue weighted by Crippen LogP contribution is 2.22. The fourth-order valence-electron chi connectivity index (χ4n) is 1.87. The molecular formula is C17H16ClN3O4. The lowest BCUT2D eigenvalue weighted by atomic mass is 10.2. The summed E-state index contributed by atoms with van der Waals surface area (Å²) in [7, 11) is 3.04. The summed E-state index contributed by atoms with van der Waals surface area (Å²) in [5, 5.41) is 6.72. The van der Waals surface area contributed by atoms with Gasteiger partial charge < -0.3 is 14.8 Å². The predicted octanol–water partition coefficient (Wildman–Crippen LogP) is 2.45. The molecule has 2 rings (SSSR count). The third kappa shape index (κ3) is 5.22. The van der Waals surface area contributed by atoms with Crippen LogP contribution >= 0.6 is 11.6 Å². The van der Waals surface area contributed by atoms with Gasteiger partial charge in [-0.25, -0.2) is 5.43 Å². The Morgan fingerprint density at radius 3 is 2.40 bits per heavy atom. The van der Waals surface area contributed by atoms with E-state index in [1.54, 1.807) is 42.5 Å². The number of nitrogens with zero attached hydrogens (tertiary/aromatic N) is 1. The lowest BCUT2D eigenvalue weighted by Gasteiger charge is -2.07. The van der Waals surface area contributed by atoms with Crippen LogP contribution in [-0.2, 0) is 9.59 Å². The Morgan fingerprint density at radius 2 is 1.76 bits per heavy atom. The summed E-state index contributed by atoms with van der Waals surface area (Å²) in [6.07, 6.45) is 1.36. The number of benzene rings is 2. The highest BCUT2D eigenvalue weighted by molar-refractivity contribution is 6.39. The second-order valence-electron chi connectivity index (χ2n) is 4.77. The number of rotatable bonds is 5. The molecule has 0 aliphatic rings. The van der Waals surface area contributed by atoms with Crippen molar-refractivity contribution in [3.63, 3.8) is 0 Å². The second-order valence-corrected chi connectivity index (χ2v) is 5.20. The van der Waals surface area contributed by atoms with E-state index in [2.05, 4.69) is 15.8 Å². The highest BCUT2D eigenvalue weighted by Gasteiger charge is 2.13. The van der Waals surface area contributed by atoms with E-state index < -0.39 is 11.8 Å². The van der Waals surface area contributed by atoms with Gasteiger partial charge in [0.05, 0.1) is 20.4 Å². The molecule has 0 saturated carbocycles. The van der Waals surface area contributed by atoms with Gasteiger partial charge in [0.25, 0.3) is 0 Å². The molecule has 0 atom stereocenters. The van der Waals surface area contributed by atoms with Crippen molar-refractivity contribution < 1.29 is 19.1 Å². The third-order valence-corrected chi connectivity index (χ3v) is 3.37. The third-order valence-electron chi connectivity index (χ3n) is 3.11. The first kappa shape index (κ1) is 18.3. The quantitative estimate of drug-likeness (QED) is 0.486. The van der Waals surface area contributed by atoms with Gasteiger partial charge in [0.2, 0.25) is 0 Å². The maximum atomic E-state index is 11.8. The number of nitrogens with one attached hydrogen (secondary N) is 2. The van der Waals surface area contributed by atoms with Gasteiger partial charge in [-0.15, -0.1) is 0 Å². The van der Waals surface area contributed by atoms with Crippen molar-refractivity contribution in [2.45, 2.75) is 0 Å². The van der Waals surface area contributed by atoms with Crippen molar-refractivity contribution in [1.29, 1.82) is 0 Å². The molecule has 0 spiro atoms. The molecule has 130 valence electrons. The van der Waals surface area contributed by atoms with E-state index in [1.165, 1.54) is 20.4 Å². The van der Waals surface area contributed by atoms with Crippen LogP contribution in [0.5, 0.6) is 11.5 Å². The van der Waals surface area contributed by atoms with E-state index in [1.807, 2.05) is 0 Å². The second kappa shape index (κ2) is 8.70. The van der Waals surface area contributed by atoms with Crippen molar-refractivity contribution >= 4 is 35.3 Å². The number of carbonyl (C=O) groups excluding carboxylic acids is 2. The number of hydrogen-bond acceptors (Lipinski definition) is 5. The molecule has 0 aromatic heterocycles. The number of methoxy groups -OCH3 is 2. The Hall–Kier alpha value is -3.06. The average Bonchev–Trinajstić information content (AvgIpc) is 2.63. The number of hydrogen-bond donors (Lipinski definition) is 2. The number of ether oxygens (including phenoxy) is 2. The first-order chi connectivity index (χ1) is 12.0. The van der Waals surface area contributed by atoms with Crippen LogP contribution in [0.3, 0.4) is 0 Å². The summed E-state index contributed by atoms with van der Waals surface area (Å²) in [6.45, 7) is 0. The lowest BCUT2D eigenvalue weighted by molar-refractivity contribution is -0.136. The molecule has 25 heavy (non-hydrogen) atoms. The van der Waals surface area contributed by atoms with Crippen LogP contribution in [-0.4, -0.2) is 32.2 Å². The Morgan fingerprint density at radius 1 is 1.04 bits per heavy atom. The van der Waals surface area contributed by atoms with Crippen molar-refractivity contribution in [1.82, 2.24) is 5.43 Å². The maximum absolute atomic E-state index is 11.8. The SMILES string of the molecule is COc1ccc(OC)c(C=NNC(=O)C(=O)Nc2ccc(Cl)cc2)c1. The molecule has 8 heteroatoms. The molecule has 0 saturated heterocycles. The van der Waals surface area contributed by atoms with E-state index in [0.29, 0.717) is 27.8 Å². The summed E-state index contributed by atoms with van der Waals surface area (Å²) in [5.41, 5.74) is 3.18. The minimum absolute atomic E-state index is 0.447. The average molecular weight is 362 g/mol.